The quantitative estimate of drug-likeness (QED) is 0.678. The van der Waals surface area contributed by atoms with E-state index >= 15 is 0 Å². The number of aliphatic hydroxyl groups is 1. The molecular formula is C12H15ClN2O4. The van der Waals surface area contributed by atoms with Gasteiger partial charge in [0, 0.05) is 24.2 Å². The Bertz CT molecular complexity index is 483. The van der Waals surface area contributed by atoms with Crippen LogP contribution in [0.15, 0.2) is 18.2 Å². The maximum absolute atomic E-state index is 11.1. The van der Waals surface area contributed by atoms with Crippen molar-refractivity contribution in [2.24, 2.45) is 0 Å². The first kappa shape index (κ1) is 14.0. The van der Waals surface area contributed by atoms with E-state index in [0.29, 0.717) is 23.8 Å². The molecule has 1 heterocycles. The highest BCUT2D eigenvalue weighted by atomic mass is 35.5. The number of nitro benzene ring substituents is 1. The van der Waals surface area contributed by atoms with E-state index in [1.807, 2.05) is 11.8 Å². The highest BCUT2D eigenvalue weighted by molar-refractivity contribution is 6.30. The predicted octanol–water partition coefficient (Wildman–Crippen LogP) is 1.83. The van der Waals surface area contributed by atoms with E-state index in [4.69, 9.17) is 16.3 Å². The second-order valence-electron chi connectivity index (χ2n) is 4.55. The molecule has 2 atom stereocenters. The van der Waals surface area contributed by atoms with Gasteiger partial charge >= 0.3 is 0 Å². The average Bonchev–Trinajstić information content (AvgIpc) is 2.37. The van der Waals surface area contributed by atoms with Crippen molar-refractivity contribution in [2.45, 2.75) is 19.1 Å². The Labute approximate surface area is 115 Å². The summed E-state index contributed by atoms with van der Waals surface area (Å²) in [5.41, 5.74) is 0.473. The van der Waals surface area contributed by atoms with Gasteiger partial charge < -0.3 is 14.7 Å². The SMILES string of the molecule is CC1CN(c2ccc(Cl)cc2[N+](=O)[O-])CC(CO)O1. The van der Waals surface area contributed by atoms with Crippen molar-refractivity contribution in [2.75, 3.05) is 24.6 Å². The maximum Gasteiger partial charge on any atom is 0.294 e. The first-order valence-electron chi connectivity index (χ1n) is 5.96. The third kappa shape index (κ3) is 3.15. The minimum absolute atomic E-state index is 0.0294. The van der Waals surface area contributed by atoms with E-state index in [1.165, 1.54) is 6.07 Å². The zero-order valence-electron chi connectivity index (χ0n) is 10.5. The summed E-state index contributed by atoms with van der Waals surface area (Å²) in [6.45, 7) is 2.72. The third-order valence-corrected chi connectivity index (χ3v) is 3.24. The van der Waals surface area contributed by atoms with E-state index < -0.39 is 4.92 Å². The largest absolute Gasteiger partial charge is 0.394 e. The topological polar surface area (TPSA) is 75.8 Å². The molecule has 1 aromatic rings. The summed E-state index contributed by atoms with van der Waals surface area (Å²) in [7, 11) is 0. The lowest BCUT2D eigenvalue weighted by Gasteiger charge is -2.37. The molecule has 1 aromatic carbocycles. The number of ether oxygens (including phenoxy) is 1. The molecule has 1 aliphatic heterocycles. The van der Waals surface area contributed by atoms with E-state index in [-0.39, 0.29) is 24.5 Å². The Morgan fingerprint density at radius 3 is 2.95 bits per heavy atom. The highest BCUT2D eigenvalue weighted by Gasteiger charge is 2.29. The number of morpholine rings is 1. The van der Waals surface area contributed by atoms with Crippen molar-refractivity contribution in [3.05, 3.63) is 33.3 Å². The van der Waals surface area contributed by atoms with E-state index in [1.54, 1.807) is 12.1 Å². The first-order chi connectivity index (χ1) is 9.01. The van der Waals surface area contributed by atoms with Crippen LogP contribution in [0.2, 0.25) is 5.02 Å². The van der Waals surface area contributed by atoms with Crippen LogP contribution in [0, 0.1) is 10.1 Å². The van der Waals surface area contributed by atoms with Crippen molar-refractivity contribution in [1.82, 2.24) is 0 Å². The molecule has 19 heavy (non-hydrogen) atoms. The van der Waals surface area contributed by atoms with Gasteiger partial charge in [-0.05, 0) is 19.1 Å². The molecule has 0 bridgehead atoms. The van der Waals surface area contributed by atoms with Gasteiger partial charge in [0.1, 0.15) is 5.69 Å². The van der Waals surface area contributed by atoms with Crippen LogP contribution in [0.5, 0.6) is 0 Å². The summed E-state index contributed by atoms with van der Waals surface area (Å²) in [6, 6.07) is 4.59. The highest BCUT2D eigenvalue weighted by Crippen LogP contribution is 2.32. The minimum Gasteiger partial charge on any atom is -0.394 e. The van der Waals surface area contributed by atoms with Crippen molar-refractivity contribution >= 4 is 23.0 Å². The molecule has 0 amide bonds. The lowest BCUT2D eigenvalue weighted by Crippen LogP contribution is -2.48. The second kappa shape index (κ2) is 5.73. The van der Waals surface area contributed by atoms with Gasteiger partial charge in [0.05, 0.1) is 23.7 Å². The number of hydrogen-bond acceptors (Lipinski definition) is 5. The predicted molar refractivity (Wildman–Crippen MR) is 71.7 cm³/mol. The summed E-state index contributed by atoms with van der Waals surface area (Å²) < 4.78 is 5.52. The minimum atomic E-state index is -0.449. The Balaban J connectivity index is 2.32. The molecular weight excluding hydrogens is 272 g/mol. The van der Waals surface area contributed by atoms with Gasteiger partial charge in [-0.15, -0.1) is 0 Å². The molecule has 1 aliphatic rings. The Hall–Kier alpha value is -1.37. The van der Waals surface area contributed by atoms with E-state index in [2.05, 4.69) is 0 Å². The van der Waals surface area contributed by atoms with Gasteiger partial charge in [0.15, 0.2) is 0 Å². The van der Waals surface area contributed by atoms with E-state index in [9.17, 15) is 15.2 Å². The number of anilines is 1. The smallest absolute Gasteiger partial charge is 0.294 e. The van der Waals surface area contributed by atoms with Crippen LogP contribution >= 0.6 is 11.6 Å². The van der Waals surface area contributed by atoms with Crippen molar-refractivity contribution in [3.8, 4) is 0 Å². The fourth-order valence-electron chi connectivity index (χ4n) is 2.25. The van der Waals surface area contributed by atoms with Crippen LogP contribution in [0.1, 0.15) is 6.92 Å². The molecule has 1 N–H and O–H groups in total. The fourth-order valence-corrected chi connectivity index (χ4v) is 2.42. The molecule has 2 rings (SSSR count). The number of aliphatic hydroxyl groups excluding tert-OH is 1. The lowest BCUT2D eigenvalue weighted by molar-refractivity contribution is -0.384. The summed E-state index contributed by atoms with van der Waals surface area (Å²) in [5, 5.41) is 20.6. The normalized spacial score (nSPS) is 23.4. The van der Waals surface area contributed by atoms with Crippen LogP contribution in [-0.4, -0.2) is 41.9 Å². The van der Waals surface area contributed by atoms with Crippen molar-refractivity contribution in [3.63, 3.8) is 0 Å². The molecule has 7 heteroatoms. The standard InChI is InChI=1S/C12H15ClN2O4/c1-8-5-14(6-10(7-16)19-8)11-3-2-9(13)4-12(11)15(17)18/h2-4,8,10,16H,5-7H2,1H3. The third-order valence-electron chi connectivity index (χ3n) is 3.00. The lowest BCUT2D eigenvalue weighted by atomic mass is 10.1. The Kier molecular flexibility index (Phi) is 4.24. The molecule has 0 saturated carbocycles. The van der Waals surface area contributed by atoms with Gasteiger partial charge in [0.25, 0.3) is 5.69 Å². The zero-order valence-corrected chi connectivity index (χ0v) is 11.2. The van der Waals surface area contributed by atoms with Crippen molar-refractivity contribution in [1.29, 1.82) is 0 Å². The molecule has 0 aromatic heterocycles. The summed E-state index contributed by atoms with van der Waals surface area (Å²) in [4.78, 5) is 12.5. The molecule has 0 aliphatic carbocycles. The molecule has 6 nitrogen and oxygen atoms in total. The number of rotatable bonds is 3. The Morgan fingerprint density at radius 2 is 2.32 bits per heavy atom. The molecule has 0 radical (unpaired) electrons. The average molecular weight is 287 g/mol. The van der Waals surface area contributed by atoms with Crippen LogP contribution in [0.3, 0.4) is 0 Å². The van der Waals surface area contributed by atoms with E-state index in [0.717, 1.165) is 0 Å². The number of hydrogen-bond donors (Lipinski definition) is 1. The van der Waals surface area contributed by atoms with Crippen LogP contribution in [0.4, 0.5) is 11.4 Å². The number of benzene rings is 1. The molecule has 104 valence electrons. The van der Waals surface area contributed by atoms with Gasteiger partial charge in [-0.2, -0.15) is 0 Å². The monoisotopic (exact) mass is 286 g/mol. The van der Waals surface area contributed by atoms with Gasteiger partial charge in [-0.3, -0.25) is 10.1 Å². The summed E-state index contributed by atoms with van der Waals surface area (Å²) in [5.74, 6) is 0. The van der Waals surface area contributed by atoms with Crippen molar-refractivity contribution < 1.29 is 14.8 Å². The fraction of sp³-hybridized carbons (Fsp3) is 0.500. The number of nitro groups is 1. The summed E-state index contributed by atoms with van der Waals surface area (Å²) >= 11 is 5.80. The molecule has 0 spiro atoms. The first-order valence-corrected chi connectivity index (χ1v) is 6.34. The molecule has 2 unspecified atom stereocenters. The Morgan fingerprint density at radius 1 is 1.58 bits per heavy atom. The summed E-state index contributed by atoms with van der Waals surface area (Å²) in [6.07, 6.45) is -0.430. The second-order valence-corrected chi connectivity index (χ2v) is 4.98. The van der Waals surface area contributed by atoms with Gasteiger partial charge in [-0.25, -0.2) is 0 Å². The number of halogens is 1. The van der Waals surface area contributed by atoms with Gasteiger partial charge in [-0.1, -0.05) is 11.6 Å². The van der Waals surface area contributed by atoms with Crippen LogP contribution in [-0.2, 0) is 4.74 Å². The molecule has 1 fully saturated rings. The number of nitrogens with zero attached hydrogens (tertiary/aromatic N) is 2. The maximum atomic E-state index is 11.1. The zero-order chi connectivity index (χ0) is 14.0. The van der Waals surface area contributed by atoms with Crippen LogP contribution in [0.25, 0.3) is 0 Å². The molecule has 1 saturated heterocycles. The van der Waals surface area contributed by atoms with Gasteiger partial charge in [0.2, 0.25) is 0 Å². The van der Waals surface area contributed by atoms with Crippen LogP contribution < -0.4 is 4.90 Å².